The molecule has 0 unspecified atom stereocenters. The lowest BCUT2D eigenvalue weighted by Gasteiger charge is -2.32. The van der Waals surface area contributed by atoms with Crippen LogP contribution >= 0.6 is 50.9 Å². The zero-order valence-electron chi connectivity index (χ0n) is 20.2. The van der Waals surface area contributed by atoms with Crippen LogP contribution in [0.4, 0.5) is 0 Å². The van der Waals surface area contributed by atoms with Crippen molar-refractivity contribution in [3.63, 3.8) is 0 Å². The molecule has 3 rings (SSSR count). The van der Waals surface area contributed by atoms with Crippen LogP contribution < -0.4 is 5.32 Å². The van der Waals surface area contributed by atoms with Crippen LogP contribution in [0, 0.1) is 0 Å². The van der Waals surface area contributed by atoms with Gasteiger partial charge >= 0.3 is 0 Å². The van der Waals surface area contributed by atoms with Crippen LogP contribution in [0.1, 0.15) is 30.5 Å². The van der Waals surface area contributed by atoms with Gasteiger partial charge in [0.05, 0.1) is 15.8 Å². The van der Waals surface area contributed by atoms with E-state index < -0.39 is 6.04 Å². The van der Waals surface area contributed by atoms with Crippen molar-refractivity contribution in [1.82, 2.24) is 10.2 Å². The molecule has 4 nitrogen and oxygen atoms in total. The van der Waals surface area contributed by atoms with Gasteiger partial charge in [-0.1, -0.05) is 87.7 Å². The fourth-order valence-corrected chi connectivity index (χ4v) is 5.14. The minimum atomic E-state index is -0.676. The largest absolute Gasteiger partial charge is 0.352 e. The van der Waals surface area contributed by atoms with Crippen LogP contribution in [0.15, 0.2) is 77.3 Å². The summed E-state index contributed by atoms with van der Waals surface area (Å²) in [4.78, 5) is 28.7. The Kier molecular flexibility index (Phi) is 11.2. The number of halogens is 3. The number of hydrogen-bond acceptors (Lipinski definition) is 3. The molecule has 3 aromatic carbocycles. The monoisotopic (exact) mass is 606 g/mol. The van der Waals surface area contributed by atoms with E-state index in [4.69, 9.17) is 23.2 Å². The second kappa shape index (κ2) is 14.1. The molecule has 1 atom stereocenters. The molecule has 36 heavy (non-hydrogen) atoms. The number of hydrogen-bond donors (Lipinski definition) is 1. The number of thioether (sulfide) groups is 1. The molecule has 0 aliphatic carbocycles. The van der Waals surface area contributed by atoms with Gasteiger partial charge in [-0.05, 0) is 54.8 Å². The Hall–Kier alpha value is -1.99. The molecule has 0 aliphatic rings. The minimum absolute atomic E-state index is 0.0514. The molecule has 0 saturated carbocycles. The first-order chi connectivity index (χ1) is 17.2. The lowest BCUT2D eigenvalue weighted by atomic mass is 10.0. The van der Waals surface area contributed by atoms with Gasteiger partial charge in [-0.25, -0.2) is 0 Å². The number of nitrogens with zero attached hydrogens (tertiary/aromatic N) is 1. The van der Waals surface area contributed by atoms with Crippen molar-refractivity contribution < 1.29 is 9.59 Å². The summed E-state index contributed by atoms with van der Waals surface area (Å²) < 4.78 is 1.01. The lowest BCUT2D eigenvalue weighted by molar-refractivity contribution is -0.139. The van der Waals surface area contributed by atoms with E-state index in [-0.39, 0.29) is 30.2 Å². The Morgan fingerprint density at radius 2 is 1.58 bits per heavy atom. The number of amides is 2. The summed E-state index contributed by atoms with van der Waals surface area (Å²) in [6.07, 6.45) is 0.407. The molecular weight excluding hydrogens is 579 g/mol. The molecule has 0 spiro atoms. The van der Waals surface area contributed by atoms with Crippen LogP contribution in [-0.2, 0) is 28.3 Å². The van der Waals surface area contributed by atoms with Gasteiger partial charge in [0.15, 0.2) is 0 Å². The van der Waals surface area contributed by atoms with E-state index in [0.717, 1.165) is 21.2 Å². The molecule has 0 bridgehead atoms. The average molecular weight is 608 g/mol. The summed E-state index contributed by atoms with van der Waals surface area (Å²) in [5, 5.41) is 3.86. The Balaban J connectivity index is 1.86. The van der Waals surface area contributed by atoms with E-state index in [1.165, 1.54) is 11.8 Å². The Morgan fingerprint density at radius 1 is 0.917 bits per heavy atom. The summed E-state index contributed by atoms with van der Waals surface area (Å²) >= 11 is 17.3. The van der Waals surface area contributed by atoms with Gasteiger partial charge in [0.1, 0.15) is 6.04 Å². The van der Waals surface area contributed by atoms with Crippen LogP contribution in [0.3, 0.4) is 0 Å². The van der Waals surface area contributed by atoms with Crippen molar-refractivity contribution in [3.8, 4) is 0 Å². The number of rotatable bonds is 11. The van der Waals surface area contributed by atoms with Crippen molar-refractivity contribution in [2.24, 2.45) is 0 Å². The van der Waals surface area contributed by atoms with Crippen molar-refractivity contribution in [3.05, 3.63) is 104 Å². The quantitative estimate of drug-likeness (QED) is 0.252. The fourth-order valence-electron chi connectivity index (χ4n) is 3.69. The summed E-state index contributed by atoms with van der Waals surface area (Å²) in [6.45, 7) is 4.07. The maximum atomic E-state index is 13.6. The van der Waals surface area contributed by atoms with Crippen LogP contribution in [-0.4, -0.2) is 34.6 Å². The highest BCUT2D eigenvalue weighted by atomic mass is 79.9. The standard InChI is InChI=1S/C28H29BrCl2N2O2S/c1-19(2)32-28(35)26(15-20-6-4-3-5-7-20)33(16-22-10-13-24(30)25(31)14-22)27(34)18-36-17-21-8-11-23(29)12-9-21/h3-14,19,26H,15-18H2,1-2H3,(H,32,35)/t26-/m1/s1. The van der Waals surface area contributed by atoms with Crippen molar-refractivity contribution in [1.29, 1.82) is 0 Å². The second-order valence-electron chi connectivity index (χ2n) is 8.76. The molecule has 0 heterocycles. The molecule has 190 valence electrons. The van der Waals surface area contributed by atoms with Gasteiger partial charge < -0.3 is 10.2 Å². The van der Waals surface area contributed by atoms with Crippen LogP contribution in [0.2, 0.25) is 10.0 Å². The third-order valence-electron chi connectivity index (χ3n) is 5.45. The molecule has 2 amide bonds. The van der Waals surface area contributed by atoms with Gasteiger partial charge in [-0.3, -0.25) is 9.59 Å². The van der Waals surface area contributed by atoms with Crippen LogP contribution in [0.25, 0.3) is 0 Å². The predicted molar refractivity (Wildman–Crippen MR) is 155 cm³/mol. The summed E-state index contributed by atoms with van der Waals surface area (Å²) in [5.74, 6) is 0.655. The van der Waals surface area contributed by atoms with Crippen molar-refractivity contribution in [2.45, 2.75) is 44.6 Å². The Bertz CT molecular complexity index is 1160. The fraction of sp³-hybridized carbons (Fsp3) is 0.286. The Morgan fingerprint density at radius 3 is 2.22 bits per heavy atom. The number of carbonyl (C=O) groups is 2. The van der Waals surface area contributed by atoms with Crippen LogP contribution in [0.5, 0.6) is 0 Å². The third-order valence-corrected chi connectivity index (χ3v) is 7.70. The molecule has 0 radical (unpaired) electrons. The van der Waals surface area contributed by atoms with Gasteiger partial charge in [0.25, 0.3) is 0 Å². The van der Waals surface area contributed by atoms with E-state index in [9.17, 15) is 9.59 Å². The smallest absolute Gasteiger partial charge is 0.243 e. The first-order valence-electron chi connectivity index (χ1n) is 11.6. The normalized spacial score (nSPS) is 11.8. The van der Waals surface area contributed by atoms with E-state index in [1.807, 2.05) is 74.5 Å². The zero-order chi connectivity index (χ0) is 26.1. The van der Waals surface area contributed by atoms with Gasteiger partial charge in [0.2, 0.25) is 11.8 Å². The second-order valence-corrected chi connectivity index (χ2v) is 11.5. The first-order valence-corrected chi connectivity index (χ1v) is 14.3. The van der Waals surface area contributed by atoms with E-state index in [2.05, 4.69) is 21.2 Å². The summed E-state index contributed by atoms with van der Waals surface area (Å²) in [7, 11) is 0. The van der Waals surface area contributed by atoms with E-state index in [1.54, 1.807) is 17.0 Å². The average Bonchev–Trinajstić information content (AvgIpc) is 2.85. The topological polar surface area (TPSA) is 49.4 Å². The van der Waals surface area contributed by atoms with Gasteiger partial charge in [-0.2, -0.15) is 0 Å². The van der Waals surface area contributed by atoms with E-state index in [0.29, 0.717) is 22.2 Å². The molecule has 3 aromatic rings. The molecule has 0 saturated heterocycles. The molecule has 1 N–H and O–H groups in total. The third kappa shape index (κ3) is 8.84. The molecule has 0 aromatic heterocycles. The van der Waals surface area contributed by atoms with Crippen molar-refractivity contribution in [2.75, 3.05) is 5.75 Å². The van der Waals surface area contributed by atoms with E-state index >= 15 is 0 Å². The van der Waals surface area contributed by atoms with Crippen molar-refractivity contribution >= 4 is 62.7 Å². The predicted octanol–water partition coefficient (Wildman–Crippen LogP) is 7.15. The number of nitrogens with one attached hydrogen (secondary N) is 1. The minimum Gasteiger partial charge on any atom is -0.352 e. The summed E-state index contributed by atoms with van der Waals surface area (Å²) in [6, 6.07) is 22.4. The number of benzene rings is 3. The molecule has 0 aliphatic heterocycles. The maximum Gasteiger partial charge on any atom is 0.243 e. The molecule has 8 heteroatoms. The SMILES string of the molecule is CC(C)NC(=O)[C@@H](Cc1ccccc1)N(Cc1ccc(Cl)c(Cl)c1)C(=O)CSCc1ccc(Br)cc1. The highest BCUT2D eigenvalue weighted by molar-refractivity contribution is 9.10. The molecular formula is C28H29BrCl2N2O2S. The molecule has 0 fully saturated rings. The first kappa shape index (κ1) is 28.6. The van der Waals surface area contributed by atoms with Gasteiger partial charge in [0, 0.05) is 29.2 Å². The lowest BCUT2D eigenvalue weighted by Crippen LogP contribution is -2.52. The maximum absolute atomic E-state index is 13.6. The zero-order valence-corrected chi connectivity index (χ0v) is 24.1. The highest BCUT2D eigenvalue weighted by Crippen LogP contribution is 2.25. The highest BCUT2D eigenvalue weighted by Gasteiger charge is 2.30. The Labute approximate surface area is 235 Å². The number of carbonyl (C=O) groups excluding carboxylic acids is 2. The summed E-state index contributed by atoms with van der Waals surface area (Å²) in [5.41, 5.74) is 2.92. The van der Waals surface area contributed by atoms with Gasteiger partial charge in [-0.15, -0.1) is 11.8 Å².